The highest BCUT2D eigenvalue weighted by Gasteiger charge is 2.34. The van der Waals surface area contributed by atoms with Gasteiger partial charge in [0.2, 0.25) is 0 Å². The van der Waals surface area contributed by atoms with E-state index in [0.29, 0.717) is 25.0 Å². The summed E-state index contributed by atoms with van der Waals surface area (Å²) in [6, 6.07) is 0. The summed E-state index contributed by atoms with van der Waals surface area (Å²) in [5.41, 5.74) is -0.317. The Balaban J connectivity index is 2.85. The van der Waals surface area contributed by atoms with E-state index in [4.69, 9.17) is 9.47 Å². The summed E-state index contributed by atoms with van der Waals surface area (Å²) < 4.78 is 12.5. The molecular formula is C18H33N3O8. The number of hydrogen-bond donors (Lipinski definition) is 5. The number of carbonyl (C=O) groups is 1. The molecule has 0 saturated carbocycles. The fourth-order valence-electron chi connectivity index (χ4n) is 2.58. The predicted molar refractivity (Wildman–Crippen MR) is 101 cm³/mol. The Morgan fingerprint density at radius 3 is 2.07 bits per heavy atom. The zero-order valence-electron chi connectivity index (χ0n) is 16.8. The van der Waals surface area contributed by atoms with Crippen LogP contribution >= 0.6 is 0 Å². The van der Waals surface area contributed by atoms with E-state index < -0.39 is 44.1 Å². The second kappa shape index (κ2) is 13.7. The molecule has 0 unspecified atom stereocenters. The molecule has 0 atom stereocenters. The van der Waals surface area contributed by atoms with Gasteiger partial charge in [0.25, 0.3) is 0 Å². The third-order valence-electron chi connectivity index (χ3n) is 4.45. The van der Waals surface area contributed by atoms with Crippen LogP contribution in [-0.2, 0) is 27.2 Å². The molecular weight excluding hydrogens is 386 g/mol. The maximum atomic E-state index is 11.1. The predicted octanol–water partition coefficient (Wildman–Crippen LogP) is -2.09. The van der Waals surface area contributed by atoms with E-state index in [1.54, 1.807) is 6.20 Å². The van der Waals surface area contributed by atoms with Crippen LogP contribution in [0.15, 0.2) is 6.20 Å². The van der Waals surface area contributed by atoms with Crippen LogP contribution in [0.3, 0.4) is 0 Å². The van der Waals surface area contributed by atoms with Crippen LogP contribution in [0.2, 0.25) is 0 Å². The van der Waals surface area contributed by atoms with Crippen molar-refractivity contribution in [2.75, 3.05) is 46.2 Å². The Morgan fingerprint density at radius 2 is 1.62 bits per heavy atom. The minimum Gasteiger partial charge on any atom is -0.396 e. The highest BCUT2D eigenvalue weighted by Crippen LogP contribution is 2.22. The van der Waals surface area contributed by atoms with Gasteiger partial charge in [-0.1, -0.05) is 5.21 Å². The molecule has 0 radical (unpaired) electrons. The molecule has 11 heteroatoms. The van der Waals surface area contributed by atoms with Crippen LogP contribution < -0.4 is 0 Å². The van der Waals surface area contributed by atoms with Gasteiger partial charge in [-0.15, -0.1) is 5.10 Å². The number of ether oxygens (including phenoxy) is 2. The summed E-state index contributed by atoms with van der Waals surface area (Å²) in [5.74, 6) is 0.107. The van der Waals surface area contributed by atoms with Gasteiger partial charge in [-0.2, -0.15) is 0 Å². The third-order valence-corrected chi connectivity index (χ3v) is 4.45. The smallest absolute Gasteiger partial charge is 0.129 e. The Bertz CT molecular complexity index is 559. The number of aliphatic hydroxyl groups is 5. The number of nitrogens with zero attached hydrogens (tertiary/aromatic N) is 3. The molecule has 11 nitrogen and oxygen atoms in total. The molecule has 0 fully saturated rings. The van der Waals surface area contributed by atoms with Gasteiger partial charge in [-0.3, -0.25) is 4.68 Å². The van der Waals surface area contributed by atoms with Gasteiger partial charge in [0.1, 0.15) is 18.0 Å². The number of aliphatic hydroxyl groups excluding tert-OH is 5. The highest BCUT2D eigenvalue weighted by atomic mass is 16.5. The lowest BCUT2D eigenvalue weighted by molar-refractivity contribution is -0.123. The van der Waals surface area contributed by atoms with Crippen molar-refractivity contribution < 1.29 is 39.8 Å². The molecule has 0 amide bonds. The van der Waals surface area contributed by atoms with Gasteiger partial charge in [0, 0.05) is 12.6 Å². The fraction of sp³-hybridized carbons (Fsp3) is 0.833. The van der Waals surface area contributed by atoms with Crippen LogP contribution in [-0.4, -0.2) is 105 Å². The largest absolute Gasteiger partial charge is 0.396 e. The van der Waals surface area contributed by atoms with Crippen LogP contribution in [0.5, 0.6) is 0 Å². The first-order chi connectivity index (χ1) is 13.9. The van der Waals surface area contributed by atoms with E-state index in [1.165, 1.54) is 11.6 Å². The van der Waals surface area contributed by atoms with Gasteiger partial charge < -0.3 is 39.8 Å². The van der Waals surface area contributed by atoms with Gasteiger partial charge in [0.15, 0.2) is 0 Å². The van der Waals surface area contributed by atoms with Crippen molar-refractivity contribution in [3.63, 3.8) is 0 Å². The summed E-state index contributed by atoms with van der Waals surface area (Å²) >= 11 is 0. The molecule has 0 aliphatic rings. The maximum absolute atomic E-state index is 11.1. The molecule has 168 valence electrons. The molecule has 1 rings (SSSR count). The zero-order chi connectivity index (χ0) is 21.7. The van der Waals surface area contributed by atoms with Gasteiger partial charge in [0.05, 0.1) is 63.9 Å². The molecule has 1 heterocycles. The first-order valence-electron chi connectivity index (χ1n) is 9.58. The Hall–Kier alpha value is -1.47. The first kappa shape index (κ1) is 25.6. The van der Waals surface area contributed by atoms with Crippen molar-refractivity contribution in [1.82, 2.24) is 15.0 Å². The molecule has 0 bridgehead atoms. The molecule has 1 aromatic rings. The SMILES string of the molecule is CC(=O)CCCc1cn(CC(CO)(COC(CO)CO)COC(CO)CO)nn1. The molecule has 0 saturated heterocycles. The monoisotopic (exact) mass is 419 g/mol. The standard InChI is InChI=1S/C18H33N3O8/c1-14(27)3-2-4-15-5-21(20-19-15)10-18(11-26,12-28-16(6-22)7-23)13-29-17(8-24)9-25/h5,16-17,22-26H,2-4,6-13H2,1H3. The summed E-state index contributed by atoms with van der Waals surface area (Å²) in [6.07, 6.45) is 1.79. The molecule has 1 aromatic heterocycles. The van der Waals surface area contributed by atoms with Crippen LogP contribution in [0, 0.1) is 5.41 Å². The van der Waals surface area contributed by atoms with Crippen molar-refractivity contribution in [2.45, 2.75) is 44.9 Å². The topological polar surface area (TPSA) is 167 Å². The van der Waals surface area contributed by atoms with Crippen molar-refractivity contribution in [3.05, 3.63) is 11.9 Å². The van der Waals surface area contributed by atoms with Crippen molar-refractivity contribution in [1.29, 1.82) is 0 Å². The number of aromatic nitrogens is 3. The lowest BCUT2D eigenvalue weighted by Crippen LogP contribution is -2.44. The Morgan fingerprint density at radius 1 is 1.07 bits per heavy atom. The lowest BCUT2D eigenvalue weighted by atomic mass is 9.90. The van der Waals surface area contributed by atoms with Crippen molar-refractivity contribution in [3.8, 4) is 0 Å². The molecule has 0 aliphatic heterocycles. The Labute approximate surface area is 169 Å². The molecule has 0 spiro atoms. The van der Waals surface area contributed by atoms with Crippen LogP contribution in [0.1, 0.15) is 25.5 Å². The summed E-state index contributed by atoms with van der Waals surface area (Å²) in [6.45, 7) is -0.398. The van der Waals surface area contributed by atoms with E-state index in [2.05, 4.69) is 10.3 Å². The van der Waals surface area contributed by atoms with Crippen LogP contribution in [0.4, 0.5) is 0 Å². The summed E-state index contributed by atoms with van der Waals surface area (Å²) in [7, 11) is 0. The maximum Gasteiger partial charge on any atom is 0.129 e. The molecule has 0 aliphatic carbocycles. The van der Waals surface area contributed by atoms with E-state index in [1.807, 2.05) is 0 Å². The second-order valence-electron chi connectivity index (χ2n) is 7.22. The number of aryl methyl sites for hydroxylation is 1. The average Bonchev–Trinajstić information content (AvgIpc) is 3.15. The lowest BCUT2D eigenvalue weighted by Gasteiger charge is -2.33. The van der Waals surface area contributed by atoms with Crippen molar-refractivity contribution >= 4 is 5.78 Å². The minimum absolute atomic E-state index is 0.0710. The molecule has 29 heavy (non-hydrogen) atoms. The van der Waals surface area contributed by atoms with E-state index in [0.717, 1.165) is 0 Å². The number of rotatable bonds is 17. The number of ketones is 1. The summed E-state index contributed by atoms with van der Waals surface area (Å²) in [4.78, 5) is 11.1. The summed E-state index contributed by atoms with van der Waals surface area (Å²) in [5, 5.41) is 55.0. The van der Waals surface area contributed by atoms with Gasteiger partial charge >= 0.3 is 0 Å². The molecule has 0 aromatic carbocycles. The normalized spacial score (nSPS) is 12.3. The zero-order valence-corrected chi connectivity index (χ0v) is 16.8. The van der Waals surface area contributed by atoms with Gasteiger partial charge in [-0.25, -0.2) is 0 Å². The van der Waals surface area contributed by atoms with E-state index in [-0.39, 0.29) is 32.1 Å². The quantitative estimate of drug-likeness (QED) is 0.189. The highest BCUT2D eigenvalue weighted by molar-refractivity contribution is 5.75. The first-order valence-corrected chi connectivity index (χ1v) is 9.58. The van der Waals surface area contributed by atoms with E-state index >= 15 is 0 Å². The Kier molecular flexibility index (Phi) is 12.1. The van der Waals surface area contributed by atoms with E-state index in [9.17, 15) is 30.3 Å². The van der Waals surface area contributed by atoms with Crippen LogP contribution in [0.25, 0.3) is 0 Å². The van der Waals surface area contributed by atoms with Crippen molar-refractivity contribution in [2.24, 2.45) is 5.41 Å². The third kappa shape index (κ3) is 9.26. The number of Topliss-reactive ketones (excluding diaryl/α,β-unsaturated/α-hetero) is 1. The number of hydrogen-bond acceptors (Lipinski definition) is 10. The number of carbonyl (C=O) groups excluding carboxylic acids is 1. The molecule has 5 N–H and O–H groups in total. The fourth-order valence-corrected chi connectivity index (χ4v) is 2.58. The average molecular weight is 419 g/mol. The minimum atomic E-state index is -1.02. The second-order valence-corrected chi connectivity index (χ2v) is 7.22. The van der Waals surface area contributed by atoms with Gasteiger partial charge in [-0.05, 0) is 19.8 Å².